The van der Waals surface area contributed by atoms with Crippen LogP contribution in [0.1, 0.15) is 18.1 Å². The Morgan fingerprint density at radius 1 is 1.00 bits per heavy atom. The van der Waals surface area contributed by atoms with Crippen LogP contribution in [0.4, 0.5) is 0 Å². The maximum absolute atomic E-state index is 13.2. The molecule has 2 aromatic carbocycles. The Labute approximate surface area is 188 Å². The van der Waals surface area contributed by atoms with E-state index in [0.29, 0.717) is 22.7 Å². The summed E-state index contributed by atoms with van der Waals surface area (Å²) in [6, 6.07) is 16.5. The Morgan fingerprint density at radius 3 is 2.41 bits per heavy atom. The van der Waals surface area contributed by atoms with E-state index in [1.807, 2.05) is 37.3 Å². The normalized spacial score (nSPS) is 11.1. The van der Waals surface area contributed by atoms with E-state index in [4.69, 9.17) is 11.6 Å². The van der Waals surface area contributed by atoms with Crippen molar-refractivity contribution in [2.24, 2.45) is 0 Å². The van der Waals surface area contributed by atoms with Gasteiger partial charge in [0.2, 0.25) is 5.91 Å². The standard InChI is InChI=1S/C23H22ClN5O3/c1-2-27-15-26-21-20(27)22(31)29(23(32)28(21)13-17-6-4-3-5-7-17)14-19(30)25-12-16-8-10-18(24)11-9-16/h3-11,15H,2,12-14H2,1H3,(H,25,30). The summed E-state index contributed by atoms with van der Waals surface area (Å²) in [6.45, 7) is 2.51. The van der Waals surface area contributed by atoms with E-state index in [1.54, 1.807) is 28.8 Å². The number of hydrogen-bond donors (Lipinski definition) is 1. The van der Waals surface area contributed by atoms with Crippen LogP contribution in [0.15, 0.2) is 70.5 Å². The third-order valence-corrected chi connectivity index (χ3v) is 5.46. The summed E-state index contributed by atoms with van der Waals surface area (Å²) in [6.07, 6.45) is 1.54. The lowest BCUT2D eigenvalue weighted by Crippen LogP contribution is -2.44. The quantitative estimate of drug-likeness (QED) is 0.467. The van der Waals surface area contributed by atoms with E-state index >= 15 is 0 Å². The molecule has 0 unspecified atom stereocenters. The molecule has 9 heteroatoms. The van der Waals surface area contributed by atoms with Crippen molar-refractivity contribution in [3.8, 4) is 0 Å². The molecule has 0 saturated carbocycles. The molecule has 0 aliphatic carbocycles. The van der Waals surface area contributed by atoms with Gasteiger partial charge in [0, 0.05) is 18.1 Å². The fraction of sp³-hybridized carbons (Fsp3) is 0.217. The SMILES string of the molecule is CCn1cnc2c1c(=O)n(CC(=O)NCc1ccc(Cl)cc1)c(=O)n2Cc1ccccc1. The van der Waals surface area contributed by atoms with Crippen LogP contribution in [0.2, 0.25) is 5.02 Å². The fourth-order valence-electron chi connectivity index (χ4n) is 3.53. The number of benzene rings is 2. The zero-order chi connectivity index (χ0) is 22.7. The number of imidazole rings is 1. The number of halogens is 1. The molecule has 0 atom stereocenters. The van der Waals surface area contributed by atoms with Crippen molar-refractivity contribution in [3.63, 3.8) is 0 Å². The number of aryl methyl sites for hydroxylation is 1. The van der Waals surface area contributed by atoms with Crippen LogP contribution in [-0.4, -0.2) is 24.6 Å². The summed E-state index contributed by atoms with van der Waals surface area (Å²) < 4.78 is 4.09. The van der Waals surface area contributed by atoms with Crippen molar-refractivity contribution in [1.82, 2.24) is 24.0 Å². The Balaban J connectivity index is 1.68. The Hall–Kier alpha value is -3.65. The highest BCUT2D eigenvalue weighted by Crippen LogP contribution is 2.10. The van der Waals surface area contributed by atoms with Crippen LogP contribution in [-0.2, 0) is 31.0 Å². The number of nitrogens with zero attached hydrogens (tertiary/aromatic N) is 4. The summed E-state index contributed by atoms with van der Waals surface area (Å²) >= 11 is 5.88. The third-order valence-electron chi connectivity index (χ3n) is 5.21. The third kappa shape index (κ3) is 4.36. The first kappa shape index (κ1) is 21.6. The molecule has 2 aromatic heterocycles. The van der Waals surface area contributed by atoms with Gasteiger partial charge in [-0.3, -0.25) is 14.2 Å². The second-order valence-electron chi connectivity index (χ2n) is 7.35. The van der Waals surface area contributed by atoms with Crippen LogP contribution in [0.3, 0.4) is 0 Å². The van der Waals surface area contributed by atoms with Gasteiger partial charge in [-0.05, 0) is 30.2 Å². The van der Waals surface area contributed by atoms with Crippen LogP contribution >= 0.6 is 11.6 Å². The lowest BCUT2D eigenvalue weighted by Gasteiger charge is -2.13. The van der Waals surface area contributed by atoms with Crippen LogP contribution in [0.25, 0.3) is 11.2 Å². The summed E-state index contributed by atoms with van der Waals surface area (Å²) in [5.41, 5.74) is 1.25. The molecular weight excluding hydrogens is 430 g/mol. The van der Waals surface area contributed by atoms with Gasteiger partial charge in [-0.15, -0.1) is 0 Å². The number of fused-ring (bicyclic) bond motifs is 1. The molecule has 8 nitrogen and oxygen atoms in total. The molecule has 0 spiro atoms. The number of carbonyl (C=O) groups is 1. The van der Waals surface area contributed by atoms with Gasteiger partial charge in [0.15, 0.2) is 11.2 Å². The summed E-state index contributed by atoms with van der Waals surface area (Å²) in [7, 11) is 0. The van der Waals surface area contributed by atoms with Crippen LogP contribution in [0, 0.1) is 0 Å². The molecular formula is C23H22ClN5O3. The van der Waals surface area contributed by atoms with Crippen molar-refractivity contribution < 1.29 is 4.79 Å². The average Bonchev–Trinajstić information content (AvgIpc) is 3.24. The Kier molecular flexibility index (Phi) is 6.23. The highest BCUT2D eigenvalue weighted by atomic mass is 35.5. The smallest absolute Gasteiger partial charge is 0.333 e. The summed E-state index contributed by atoms with van der Waals surface area (Å²) in [5.74, 6) is -0.438. The zero-order valence-corrected chi connectivity index (χ0v) is 18.2. The van der Waals surface area contributed by atoms with Gasteiger partial charge in [-0.2, -0.15) is 0 Å². The topological polar surface area (TPSA) is 90.9 Å². The number of nitrogens with one attached hydrogen (secondary N) is 1. The van der Waals surface area contributed by atoms with Crippen molar-refractivity contribution in [1.29, 1.82) is 0 Å². The van der Waals surface area contributed by atoms with Crippen LogP contribution < -0.4 is 16.6 Å². The number of amides is 1. The molecule has 0 aliphatic heterocycles. The highest BCUT2D eigenvalue weighted by molar-refractivity contribution is 6.30. The van der Waals surface area contributed by atoms with Crippen molar-refractivity contribution in [2.75, 3.05) is 0 Å². The maximum Gasteiger partial charge on any atom is 0.333 e. The summed E-state index contributed by atoms with van der Waals surface area (Å²) in [5, 5.41) is 3.35. The molecule has 32 heavy (non-hydrogen) atoms. The van der Waals surface area contributed by atoms with Gasteiger partial charge < -0.3 is 9.88 Å². The lowest BCUT2D eigenvalue weighted by atomic mass is 10.2. The number of carbonyl (C=O) groups excluding carboxylic acids is 1. The lowest BCUT2D eigenvalue weighted by molar-refractivity contribution is -0.121. The number of rotatable bonds is 7. The molecule has 2 heterocycles. The minimum Gasteiger partial charge on any atom is -0.350 e. The van der Waals surface area contributed by atoms with E-state index in [-0.39, 0.29) is 19.6 Å². The molecule has 164 valence electrons. The minimum atomic E-state index is -0.575. The fourth-order valence-corrected chi connectivity index (χ4v) is 3.65. The van der Waals surface area contributed by atoms with Crippen molar-refractivity contribution in [2.45, 2.75) is 33.1 Å². The maximum atomic E-state index is 13.2. The molecule has 4 aromatic rings. The molecule has 4 rings (SSSR count). The summed E-state index contributed by atoms with van der Waals surface area (Å²) in [4.78, 5) is 43.3. The first-order chi connectivity index (χ1) is 15.5. The molecule has 0 radical (unpaired) electrons. The van der Waals surface area contributed by atoms with Crippen LogP contribution in [0.5, 0.6) is 0 Å². The molecule has 1 N–H and O–H groups in total. The van der Waals surface area contributed by atoms with Crippen molar-refractivity contribution >= 4 is 28.7 Å². The van der Waals surface area contributed by atoms with Gasteiger partial charge in [0.1, 0.15) is 6.54 Å². The van der Waals surface area contributed by atoms with E-state index in [1.165, 1.54) is 10.9 Å². The van der Waals surface area contributed by atoms with Crippen molar-refractivity contribution in [3.05, 3.63) is 97.9 Å². The predicted octanol–water partition coefficient (Wildman–Crippen LogP) is 2.40. The molecule has 1 amide bonds. The monoisotopic (exact) mass is 451 g/mol. The van der Waals surface area contributed by atoms with E-state index in [9.17, 15) is 14.4 Å². The highest BCUT2D eigenvalue weighted by Gasteiger charge is 2.19. The first-order valence-electron chi connectivity index (χ1n) is 10.2. The number of aromatic nitrogens is 4. The predicted molar refractivity (Wildman–Crippen MR) is 123 cm³/mol. The van der Waals surface area contributed by atoms with Gasteiger partial charge >= 0.3 is 5.69 Å². The van der Waals surface area contributed by atoms with Gasteiger partial charge in [0.25, 0.3) is 5.56 Å². The van der Waals surface area contributed by atoms with Gasteiger partial charge in [0.05, 0.1) is 12.9 Å². The zero-order valence-electron chi connectivity index (χ0n) is 17.5. The van der Waals surface area contributed by atoms with E-state index < -0.39 is 17.2 Å². The van der Waals surface area contributed by atoms with E-state index in [2.05, 4.69) is 10.3 Å². The largest absolute Gasteiger partial charge is 0.350 e. The first-order valence-corrected chi connectivity index (χ1v) is 10.6. The molecule has 0 bridgehead atoms. The Morgan fingerprint density at radius 2 is 1.72 bits per heavy atom. The number of hydrogen-bond acceptors (Lipinski definition) is 4. The van der Waals surface area contributed by atoms with Gasteiger partial charge in [-0.25, -0.2) is 14.3 Å². The minimum absolute atomic E-state index is 0.240. The Bertz CT molecular complexity index is 1370. The van der Waals surface area contributed by atoms with E-state index in [0.717, 1.165) is 15.7 Å². The molecule has 0 saturated heterocycles. The second-order valence-corrected chi connectivity index (χ2v) is 7.79. The second kappa shape index (κ2) is 9.23. The molecule has 0 aliphatic rings. The molecule has 0 fully saturated rings. The average molecular weight is 452 g/mol. The van der Waals surface area contributed by atoms with Gasteiger partial charge in [-0.1, -0.05) is 54.1 Å².